The van der Waals surface area contributed by atoms with Gasteiger partial charge >= 0.3 is 12.1 Å². The van der Waals surface area contributed by atoms with E-state index in [4.69, 9.17) is 27.2 Å². The maximum Gasteiger partial charge on any atom is 0.412 e. The lowest BCUT2D eigenvalue weighted by Gasteiger charge is -2.20. The Morgan fingerprint density at radius 1 is 1.40 bits per heavy atom. The van der Waals surface area contributed by atoms with Crippen LogP contribution in [0.25, 0.3) is 0 Å². The molecule has 0 saturated heterocycles. The minimum atomic E-state index is -1.26. The lowest BCUT2D eigenvalue weighted by molar-refractivity contribution is -0.138. The molecule has 6 nitrogen and oxygen atoms in total. The minimum absolute atomic E-state index is 0.215. The highest BCUT2D eigenvalue weighted by atomic mass is 35.5. The van der Waals surface area contributed by atoms with Gasteiger partial charge in [-0.15, -0.1) is 0 Å². The Kier molecular flexibility index (Phi) is 4.97. The molecule has 0 aromatic heterocycles. The Labute approximate surface area is 121 Å². The van der Waals surface area contributed by atoms with Gasteiger partial charge in [0.1, 0.15) is 11.6 Å². The average molecular weight is 301 g/mol. The molecule has 0 bridgehead atoms. The number of carboxylic acids is 1. The zero-order valence-electron chi connectivity index (χ0n) is 11.4. The Hall–Kier alpha value is -1.79. The monoisotopic (exact) mass is 300 g/mol. The van der Waals surface area contributed by atoms with E-state index < -0.39 is 23.7 Å². The van der Waals surface area contributed by atoms with Crippen LogP contribution in [0.15, 0.2) is 18.2 Å². The minimum Gasteiger partial charge on any atom is -0.480 e. The van der Waals surface area contributed by atoms with E-state index in [0.717, 1.165) is 0 Å². The van der Waals surface area contributed by atoms with Crippen molar-refractivity contribution in [2.24, 2.45) is 5.73 Å². The summed E-state index contributed by atoms with van der Waals surface area (Å²) in [5.41, 5.74) is 5.46. The van der Waals surface area contributed by atoms with Crippen molar-refractivity contribution in [3.05, 3.63) is 28.8 Å². The summed E-state index contributed by atoms with van der Waals surface area (Å²) in [6.45, 7) is 5.21. The van der Waals surface area contributed by atoms with Crippen LogP contribution in [-0.2, 0) is 9.53 Å². The highest BCUT2D eigenvalue weighted by Crippen LogP contribution is 2.25. The van der Waals surface area contributed by atoms with E-state index in [-0.39, 0.29) is 10.6 Å². The van der Waals surface area contributed by atoms with Gasteiger partial charge in [-0.25, -0.2) is 4.79 Å². The molecule has 0 saturated carbocycles. The summed E-state index contributed by atoms with van der Waals surface area (Å²) in [7, 11) is 0. The van der Waals surface area contributed by atoms with E-state index in [2.05, 4.69) is 5.32 Å². The molecule has 0 spiro atoms. The number of carbonyl (C=O) groups is 2. The van der Waals surface area contributed by atoms with Crippen LogP contribution in [0.3, 0.4) is 0 Å². The number of ether oxygens (including phenoxy) is 1. The summed E-state index contributed by atoms with van der Waals surface area (Å²) >= 11 is 5.89. The molecule has 1 rings (SSSR count). The van der Waals surface area contributed by atoms with Gasteiger partial charge in [0, 0.05) is 16.3 Å². The Morgan fingerprint density at radius 2 is 2.00 bits per heavy atom. The Morgan fingerprint density at radius 3 is 2.50 bits per heavy atom. The van der Waals surface area contributed by atoms with E-state index in [1.165, 1.54) is 18.2 Å². The topological polar surface area (TPSA) is 102 Å². The van der Waals surface area contributed by atoms with E-state index in [9.17, 15) is 9.59 Å². The molecule has 1 amide bonds. The van der Waals surface area contributed by atoms with Gasteiger partial charge in [-0.05, 0) is 39.0 Å². The molecule has 7 heteroatoms. The van der Waals surface area contributed by atoms with Gasteiger partial charge < -0.3 is 15.6 Å². The molecular formula is C13H17ClN2O4. The standard InChI is InChI=1S/C13H17ClN2O4/c1-13(2,3)20-12(19)16-7-4-5-9(14)8(6-7)10(15)11(17)18/h4-6,10H,15H2,1-3H3,(H,16,19)(H,17,18). The number of carbonyl (C=O) groups excluding carboxylic acids is 1. The molecule has 0 aliphatic rings. The molecular weight excluding hydrogens is 284 g/mol. The van der Waals surface area contributed by atoms with Crippen LogP contribution in [0.5, 0.6) is 0 Å². The fourth-order valence-electron chi connectivity index (χ4n) is 1.41. The second kappa shape index (κ2) is 6.11. The van der Waals surface area contributed by atoms with Gasteiger partial charge in [0.2, 0.25) is 0 Å². The van der Waals surface area contributed by atoms with Crippen molar-refractivity contribution in [2.75, 3.05) is 5.32 Å². The number of rotatable bonds is 3. The van der Waals surface area contributed by atoms with Crippen molar-refractivity contribution < 1.29 is 19.4 Å². The molecule has 0 fully saturated rings. The average Bonchev–Trinajstić information content (AvgIpc) is 2.28. The Balaban J connectivity index is 2.91. The van der Waals surface area contributed by atoms with E-state index in [1.54, 1.807) is 20.8 Å². The summed E-state index contributed by atoms with van der Waals surface area (Å²) in [4.78, 5) is 22.5. The van der Waals surface area contributed by atoms with Gasteiger partial charge in [-0.3, -0.25) is 10.1 Å². The highest BCUT2D eigenvalue weighted by Gasteiger charge is 2.20. The number of aliphatic carboxylic acids is 1. The van der Waals surface area contributed by atoms with Crippen LogP contribution < -0.4 is 11.1 Å². The molecule has 20 heavy (non-hydrogen) atoms. The third-order valence-electron chi connectivity index (χ3n) is 2.24. The number of hydrogen-bond acceptors (Lipinski definition) is 4. The SMILES string of the molecule is CC(C)(C)OC(=O)Nc1ccc(Cl)c(C(N)C(=O)O)c1. The first-order valence-electron chi connectivity index (χ1n) is 5.88. The third kappa shape index (κ3) is 4.71. The number of carboxylic acid groups (broad SMARTS) is 1. The fourth-order valence-corrected chi connectivity index (χ4v) is 1.65. The van der Waals surface area contributed by atoms with Crippen molar-refractivity contribution in [1.29, 1.82) is 0 Å². The zero-order chi connectivity index (χ0) is 15.5. The third-order valence-corrected chi connectivity index (χ3v) is 2.59. The second-order valence-electron chi connectivity index (χ2n) is 5.18. The van der Waals surface area contributed by atoms with Crippen molar-refractivity contribution in [3.8, 4) is 0 Å². The molecule has 0 aliphatic heterocycles. The van der Waals surface area contributed by atoms with Gasteiger partial charge in [0.15, 0.2) is 0 Å². The molecule has 1 unspecified atom stereocenters. The first-order chi connectivity index (χ1) is 9.10. The molecule has 1 aromatic carbocycles. The van der Waals surface area contributed by atoms with E-state index in [0.29, 0.717) is 5.69 Å². The highest BCUT2D eigenvalue weighted by molar-refractivity contribution is 6.31. The van der Waals surface area contributed by atoms with E-state index in [1.807, 2.05) is 0 Å². The summed E-state index contributed by atoms with van der Waals surface area (Å²) in [5, 5.41) is 11.6. The molecule has 0 aliphatic carbocycles. The molecule has 0 heterocycles. The smallest absolute Gasteiger partial charge is 0.412 e. The molecule has 1 aromatic rings. The fraction of sp³-hybridized carbons (Fsp3) is 0.385. The normalized spacial score (nSPS) is 12.7. The summed E-state index contributed by atoms with van der Waals surface area (Å²) in [6, 6.07) is 3.14. The zero-order valence-corrected chi connectivity index (χ0v) is 12.2. The predicted molar refractivity (Wildman–Crippen MR) is 75.9 cm³/mol. The first kappa shape index (κ1) is 16.3. The number of halogens is 1. The number of amides is 1. The second-order valence-corrected chi connectivity index (χ2v) is 5.59. The maximum atomic E-state index is 11.6. The number of nitrogens with two attached hydrogens (primary N) is 1. The number of nitrogens with one attached hydrogen (secondary N) is 1. The lowest BCUT2D eigenvalue weighted by Crippen LogP contribution is -2.27. The van der Waals surface area contributed by atoms with Gasteiger partial charge in [0.25, 0.3) is 0 Å². The largest absolute Gasteiger partial charge is 0.480 e. The van der Waals surface area contributed by atoms with Crippen LogP contribution in [-0.4, -0.2) is 22.8 Å². The van der Waals surface area contributed by atoms with Crippen LogP contribution in [0.2, 0.25) is 5.02 Å². The molecule has 0 radical (unpaired) electrons. The summed E-state index contributed by atoms with van der Waals surface area (Å²) < 4.78 is 5.09. The summed E-state index contributed by atoms with van der Waals surface area (Å²) in [6.07, 6.45) is -0.644. The van der Waals surface area contributed by atoms with Crippen LogP contribution in [0.1, 0.15) is 32.4 Å². The van der Waals surface area contributed by atoms with Crippen LogP contribution in [0, 0.1) is 0 Å². The van der Waals surface area contributed by atoms with Crippen LogP contribution in [0.4, 0.5) is 10.5 Å². The van der Waals surface area contributed by atoms with Gasteiger partial charge in [0.05, 0.1) is 0 Å². The quantitative estimate of drug-likeness (QED) is 0.796. The van der Waals surface area contributed by atoms with Crippen molar-refractivity contribution in [1.82, 2.24) is 0 Å². The number of anilines is 1. The molecule has 4 N–H and O–H groups in total. The first-order valence-corrected chi connectivity index (χ1v) is 6.26. The van der Waals surface area contributed by atoms with Gasteiger partial charge in [-0.1, -0.05) is 11.6 Å². The number of benzene rings is 1. The lowest BCUT2D eigenvalue weighted by atomic mass is 10.1. The molecule has 1 atom stereocenters. The predicted octanol–water partition coefficient (Wildman–Crippen LogP) is 2.77. The number of hydrogen-bond donors (Lipinski definition) is 3. The summed E-state index contributed by atoms with van der Waals surface area (Å²) in [5.74, 6) is -1.21. The van der Waals surface area contributed by atoms with Gasteiger partial charge in [-0.2, -0.15) is 0 Å². The van der Waals surface area contributed by atoms with Crippen LogP contribution >= 0.6 is 11.6 Å². The maximum absolute atomic E-state index is 11.6. The van der Waals surface area contributed by atoms with Crippen molar-refractivity contribution in [2.45, 2.75) is 32.4 Å². The van der Waals surface area contributed by atoms with Crippen molar-refractivity contribution in [3.63, 3.8) is 0 Å². The molecule has 110 valence electrons. The van der Waals surface area contributed by atoms with Crippen molar-refractivity contribution >= 4 is 29.4 Å². The van der Waals surface area contributed by atoms with E-state index >= 15 is 0 Å². The Bertz CT molecular complexity index is 526.